The Morgan fingerprint density at radius 2 is 1.19 bits per heavy atom. The van der Waals surface area contributed by atoms with Crippen LogP contribution in [0.2, 0.25) is 0 Å². The van der Waals surface area contributed by atoms with Gasteiger partial charge in [0.1, 0.15) is 0 Å². The van der Waals surface area contributed by atoms with E-state index in [1.165, 1.54) is 19.3 Å². The van der Waals surface area contributed by atoms with E-state index in [0.29, 0.717) is 0 Å². The number of rotatable bonds is 6. The Morgan fingerprint density at radius 1 is 0.857 bits per heavy atom. The molecule has 0 radical (unpaired) electrons. The van der Waals surface area contributed by atoms with Crippen LogP contribution < -0.4 is 11.1 Å². The van der Waals surface area contributed by atoms with Crippen LogP contribution in [0.5, 0.6) is 0 Å². The molecule has 0 amide bonds. The molecule has 6 N–H and O–H groups in total. The first-order valence-corrected chi connectivity index (χ1v) is 6.61. The monoisotopic (exact) mass is 310 g/mol. The Labute approximate surface area is 126 Å². The van der Waals surface area contributed by atoms with Crippen molar-refractivity contribution < 1.29 is 29.7 Å². The quantitative estimate of drug-likeness (QED) is 0.456. The predicted molar refractivity (Wildman–Crippen MR) is 81.4 cm³/mol. The zero-order chi connectivity index (χ0) is 17.7. The van der Waals surface area contributed by atoms with Crippen LogP contribution in [0.1, 0.15) is 47.0 Å². The number of hydrogen-bond acceptors (Lipinski definition) is 5. The van der Waals surface area contributed by atoms with Crippen molar-refractivity contribution in [2.45, 2.75) is 47.0 Å². The number of aliphatic carboxylic acids is 3. The van der Waals surface area contributed by atoms with Crippen molar-refractivity contribution in [3.8, 4) is 0 Å². The summed E-state index contributed by atoms with van der Waals surface area (Å²) in [5.41, 5.74) is 5.28. The average Bonchev–Trinajstić information content (AvgIpc) is 2.26. The van der Waals surface area contributed by atoms with Gasteiger partial charge in [0, 0.05) is 33.9 Å². The summed E-state index contributed by atoms with van der Waals surface area (Å²) in [5, 5.41) is 25.5. The highest BCUT2D eigenvalue weighted by molar-refractivity contribution is 5.63. The van der Waals surface area contributed by atoms with E-state index in [9.17, 15) is 0 Å². The molecule has 0 atom stereocenters. The summed E-state index contributed by atoms with van der Waals surface area (Å²) in [6.45, 7) is 8.31. The largest absolute Gasteiger partial charge is 0.481 e. The molecule has 0 aromatic heterocycles. The summed E-state index contributed by atoms with van der Waals surface area (Å²) < 4.78 is 0. The zero-order valence-corrected chi connectivity index (χ0v) is 13.4. The van der Waals surface area contributed by atoms with Crippen molar-refractivity contribution in [2.75, 3.05) is 19.6 Å². The van der Waals surface area contributed by atoms with Gasteiger partial charge >= 0.3 is 0 Å². The molecule has 21 heavy (non-hydrogen) atoms. The van der Waals surface area contributed by atoms with Crippen LogP contribution in [0.4, 0.5) is 0 Å². The SMILES string of the molecule is CC(=O)O.CC(=O)O.CC(=O)O.CCCCCNCCN. The summed E-state index contributed by atoms with van der Waals surface area (Å²) in [4.78, 5) is 27.0. The fraction of sp³-hybridized carbons (Fsp3) is 0.769. The first kappa shape index (κ1) is 27.6. The molecule has 0 bridgehead atoms. The topological polar surface area (TPSA) is 150 Å². The molecule has 0 aliphatic rings. The van der Waals surface area contributed by atoms with Gasteiger partial charge in [-0.05, 0) is 13.0 Å². The average molecular weight is 310 g/mol. The van der Waals surface area contributed by atoms with Crippen molar-refractivity contribution in [2.24, 2.45) is 5.73 Å². The van der Waals surface area contributed by atoms with Crippen LogP contribution in [-0.4, -0.2) is 52.9 Å². The molecule has 128 valence electrons. The van der Waals surface area contributed by atoms with E-state index in [-0.39, 0.29) is 0 Å². The number of carbonyl (C=O) groups is 3. The minimum absolute atomic E-state index is 0.756. The summed E-state index contributed by atoms with van der Waals surface area (Å²) in [6.07, 6.45) is 3.92. The number of nitrogens with one attached hydrogen (secondary N) is 1. The Bertz CT molecular complexity index is 200. The van der Waals surface area contributed by atoms with Gasteiger partial charge in [-0.2, -0.15) is 0 Å². The molecule has 0 aliphatic carbocycles. The second-order valence-corrected chi connectivity index (χ2v) is 3.80. The molecule has 0 saturated heterocycles. The third-order valence-corrected chi connectivity index (χ3v) is 1.28. The Morgan fingerprint density at radius 3 is 1.43 bits per heavy atom. The lowest BCUT2D eigenvalue weighted by Gasteiger charge is -1.99. The lowest BCUT2D eigenvalue weighted by Crippen LogP contribution is -2.23. The Kier molecular flexibility index (Phi) is 35.3. The van der Waals surface area contributed by atoms with Crippen molar-refractivity contribution in [3.05, 3.63) is 0 Å². The second-order valence-electron chi connectivity index (χ2n) is 3.80. The fourth-order valence-corrected chi connectivity index (χ4v) is 0.727. The number of nitrogens with two attached hydrogens (primary N) is 1. The number of carboxylic acid groups (broad SMARTS) is 3. The van der Waals surface area contributed by atoms with E-state index >= 15 is 0 Å². The highest BCUT2D eigenvalue weighted by Gasteiger charge is 1.83. The van der Waals surface area contributed by atoms with Gasteiger partial charge in [0.15, 0.2) is 0 Å². The van der Waals surface area contributed by atoms with Crippen LogP contribution in [0.15, 0.2) is 0 Å². The van der Waals surface area contributed by atoms with Crippen LogP contribution >= 0.6 is 0 Å². The molecule has 8 nitrogen and oxygen atoms in total. The van der Waals surface area contributed by atoms with Gasteiger partial charge in [-0.1, -0.05) is 19.8 Å². The van der Waals surface area contributed by atoms with Gasteiger partial charge in [0.05, 0.1) is 0 Å². The summed E-state index contributed by atoms with van der Waals surface area (Å²) in [6, 6.07) is 0. The smallest absolute Gasteiger partial charge is 0.300 e. The van der Waals surface area contributed by atoms with Gasteiger partial charge in [0.25, 0.3) is 17.9 Å². The lowest BCUT2D eigenvalue weighted by atomic mass is 10.2. The maximum Gasteiger partial charge on any atom is 0.300 e. The van der Waals surface area contributed by atoms with Crippen molar-refractivity contribution in [1.29, 1.82) is 0 Å². The Balaban J connectivity index is -0.000000102. The predicted octanol–water partition coefficient (Wildman–Crippen LogP) is 0.998. The summed E-state index contributed by atoms with van der Waals surface area (Å²) in [7, 11) is 0. The molecule has 0 heterocycles. The van der Waals surface area contributed by atoms with Crippen molar-refractivity contribution >= 4 is 17.9 Å². The standard InChI is InChI=1S/C7H18N2.3C2H4O2/c1-2-3-4-6-9-7-5-8;3*1-2(3)4/h9H,2-8H2,1H3;3*1H3,(H,3,4). The summed E-state index contributed by atoms with van der Waals surface area (Å²) in [5.74, 6) is -2.50. The molecule has 0 fully saturated rings. The van der Waals surface area contributed by atoms with Crippen LogP contribution in [0, 0.1) is 0 Å². The molecule has 0 aliphatic heterocycles. The first-order chi connectivity index (χ1) is 9.61. The normalized spacial score (nSPS) is 7.86. The molecule has 8 heteroatoms. The highest BCUT2D eigenvalue weighted by Crippen LogP contribution is 1.90. The van der Waals surface area contributed by atoms with Crippen LogP contribution in [0.3, 0.4) is 0 Å². The zero-order valence-electron chi connectivity index (χ0n) is 13.4. The molecule has 0 spiro atoms. The van der Waals surface area contributed by atoms with Gasteiger partial charge in [-0.15, -0.1) is 0 Å². The molecule has 0 unspecified atom stereocenters. The number of hydrogen-bond donors (Lipinski definition) is 5. The molecular formula is C13H30N2O6. The van der Waals surface area contributed by atoms with E-state index in [1.807, 2.05) is 0 Å². The summed E-state index contributed by atoms with van der Waals surface area (Å²) >= 11 is 0. The van der Waals surface area contributed by atoms with Crippen molar-refractivity contribution in [3.63, 3.8) is 0 Å². The maximum absolute atomic E-state index is 9.00. The lowest BCUT2D eigenvalue weighted by molar-refractivity contribution is -0.135. The van der Waals surface area contributed by atoms with E-state index in [1.54, 1.807) is 0 Å². The molecule has 0 rings (SSSR count). The maximum atomic E-state index is 9.00. The number of carboxylic acids is 3. The van der Waals surface area contributed by atoms with E-state index in [2.05, 4.69) is 12.2 Å². The number of unbranched alkanes of at least 4 members (excludes halogenated alkanes) is 2. The van der Waals surface area contributed by atoms with E-state index in [0.717, 1.165) is 40.4 Å². The molecule has 0 saturated carbocycles. The van der Waals surface area contributed by atoms with Crippen molar-refractivity contribution in [1.82, 2.24) is 5.32 Å². The van der Waals surface area contributed by atoms with E-state index < -0.39 is 17.9 Å². The van der Waals surface area contributed by atoms with Gasteiger partial charge < -0.3 is 26.4 Å². The molecule has 0 aromatic carbocycles. The fourth-order valence-electron chi connectivity index (χ4n) is 0.727. The minimum Gasteiger partial charge on any atom is -0.481 e. The second kappa shape index (κ2) is 26.8. The van der Waals surface area contributed by atoms with Crippen LogP contribution in [0.25, 0.3) is 0 Å². The van der Waals surface area contributed by atoms with Gasteiger partial charge in [-0.3, -0.25) is 14.4 Å². The van der Waals surface area contributed by atoms with Crippen LogP contribution in [-0.2, 0) is 14.4 Å². The van der Waals surface area contributed by atoms with Gasteiger partial charge in [0.2, 0.25) is 0 Å². The minimum atomic E-state index is -0.833. The molecule has 0 aromatic rings. The van der Waals surface area contributed by atoms with Gasteiger partial charge in [-0.25, -0.2) is 0 Å². The highest BCUT2D eigenvalue weighted by atomic mass is 16.4. The third-order valence-electron chi connectivity index (χ3n) is 1.28. The Hall–Kier alpha value is -1.67. The van der Waals surface area contributed by atoms with E-state index in [4.69, 9.17) is 35.4 Å². The first-order valence-electron chi connectivity index (χ1n) is 6.61. The third kappa shape index (κ3) is 261. The molecular weight excluding hydrogens is 280 g/mol.